The second-order valence-electron chi connectivity index (χ2n) is 7.15. The number of hydrogen-bond donors (Lipinski definition) is 1. The van der Waals surface area contributed by atoms with Crippen LogP contribution in [0, 0.1) is 6.92 Å². The van der Waals surface area contributed by atoms with Gasteiger partial charge in [-0.2, -0.15) is 0 Å². The Bertz CT molecular complexity index is 1020. The van der Waals surface area contributed by atoms with E-state index in [1.54, 1.807) is 23.9 Å². The predicted molar refractivity (Wildman–Crippen MR) is 109 cm³/mol. The lowest BCUT2D eigenvalue weighted by atomic mass is 10.0. The molecule has 144 valence electrons. The molecule has 4 rings (SSSR count). The number of thiazole rings is 1. The zero-order valence-electron chi connectivity index (χ0n) is 16.1. The largest absolute Gasteiger partial charge is 0.332 e. The zero-order valence-corrected chi connectivity index (χ0v) is 17.0. The van der Waals surface area contributed by atoms with Crippen molar-refractivity contribution in [3.63, 3.8) is 0 Å². The summed E-state index contributed by atoms with van der Waals surface area (Å²) in [7, 11) is 0. The molecule has 4 heterocycles. The number of pyridine rings is 1. The smallest absolute Gasteiger partial charge is 0.273 e. The topological polar surface area (TPSA) is 83.9 Å². The Labute approximate surface area is 167 Å². The lowest BCUT2D eigenvalue weighted by molar-refractivity contribution is 0.0727. The fourth-order valence-corrected chi connectivity index (χ4v) is 4.06. The van der Waals surface area contributed by atoms with Crippen LogP contribution >= 0.6 is 11.3 Å². The van der Waals surface area contributed by atoms with Crippen LogP contribution in [0.1, 0.15) is 52.8 Å². The van der Waals surface area contributed by atoms with Crippen molar-refractivity contribution in [2.75, 3.05) is 11.9 Å². The molecule has 3 aromatic rings. The van der Waals surface area contributed by atoms with Crippen LogP contribution < -0.4 is 5.32 Å². The van der Waals surface area contributed by atoms with Gasteiger partial charge in [-0.05, 0) is 24.5 Å². The number of nitrogens with one attached hydrogen (secondary N) is 1. The molecule has 0 fully saturated rings. The van der Waals surface area contributed by atoms with E-state index in [0.717, 1.165) is 27.6 Å². The molecule has 1 aliphatic heterocycles. The standard InChI is InChI=1S/C20H22N6OS/c1-12(2)16-10-28-20(24-16)25-18-14-9-26(8-6-15(14)22-11-23-18)19(27)17-13(3)5-4-7-21-17/h4-5,7,10-12H,6,8-9H2,1-3H3,(H,22,23,24,25). The minimum Gasteiger partial charge on any atom is -0.332 e. The van der Waals surface area contributed by atoms with Gasteiger partial charge in [-0.15, -0.1) is 11.3 Å². The Morgan fingerprint density at radius 2 is 2.14 bits per heavy atom. The van der Waals surface area contributed by atoms with Crippen LogP contribution in [0.2, 0.25) is 0 Å². The summed E-state index contributed by atoms with van der Waals surface area (Å²) < 4.78 is 0. The van der Waals surface area contributed by atoms with Crippen molar-refractivity contribution < 1.29 is 4.79 Å². The van der Waals surface area contributed by atoms with E-state index in [1.807, 2.05) is 24.0 Å². The average molecular weight is 395 g/mol. The van der Waals surface area contributed by atoms with Crippen molar-refractivity contribution in [2.45, 2.75) is 39.7 Å². The lowest BCUT2D eigenvalue weighted by Gasteiger charge is -2.29. The summed E-state index contributed by atoms with van der Waals surface area (Å²) in [6.07, 6.45) is 3.92. The van der Waals surface area contributed by atoms with Gasteiger partial charge in [-0.25, -0.2) is 15.0 Å². The van der Waals surface area contributed by atoms with E-state index in [4.69, 9.17) is 0 Å². The van der Waals surface area contributed by atoms with Crippen LogP contribution in [0.3, 0.4) is 0 Å². The molecule has 0 spiro atoms. The lowest BCUT2D eigenvalue weighted by Crippen LogP contribution is -2.37. The molecule has 1 aliphatic rings. The number of hydrogen-bond acceptors (Lipinski definition) is 7. The molecule has 3 aromatic heterocycles. The van der Waals surface area contributed by atoms with Gasteiger partial charge in [0.15, 0.2) is 5.13 Å². The van der Waals surface area contributed by atoms with Gasteiger partial charge in [-0.1, -0.05) is 19.9 Å². The molecule has 0 bridgehead atoms. The number of rotatable bonds is 4. The second kappa shape index (κ2) is 7.63. The molecule has 0 aliphatic carbocycles. The van der Waals surface area contributed by atoms with Gasteiger partial charge in [0.1, 0.15) is 17.8 Å². The van der Waals surface area contributed by atoms with E-state index < -0.39 is 0 Å². The number of amides is 1. The number of anilines is 2. The van der Waals surface area contributed by atoms with Crippen molar-refractivity contribution in [1.29, 1.82) is 0 Å². The Morgan fingerprint density at radius 3 is 2.89 bits per heavy atom. The van der Waals surface area contributed by atoms with Crippen molar-refractivity contribution >= 4 is 28.2 Å². The van der Waals surface area contributed by atoms with Crippen LogP contribution in [-0.4, -0.2) is 37.3 Å². The highest BCUT2D eigenvalue weighted by Crippen LogP contribution is 2.29. The van der Waals surface area contributed by atoms with Crippen molar-refractivity contribution in [2.24, 2.45) is 0 Å². The third-order valence-corrected chi connectivity index (χ3v) is 5.62. The van der Waals surface area contributed by atoms with Crippen LogP contribution in [0.25, 0.3) is 0 Å². The molecule has 7 nitrogen and oxygen atoms in total. The molecule has 0 unspecified atom stereocenters. The number of carbonyl (C=O) groups excluding carboxylic acids is 1. The first-order valence-electron chi connectivity index (χ1n) is 9.29. The summed E-state index contributed by atoms with van der Waals surface area (Å²) in [6, 6.07) is 3.75. The summed E-state index contributed by atoms with van der Waals surface area (Å²) in [6.45, 7) is 7.22. The zero-order chi connectivity index (χ0) is 19.7. The number of nitrogens with zero attached hydrogens (tertiary/aromatic N) is 5. The predicted octanol–water partition coefficient (Wildman–Crippen LogP) is 3.70. The first-order chi connectivity index (χ1) is 13.5. The minimum atomic E-state index is -0.0603. The van der Waals surface area contributed by atoms with Gasteiger partial charge >= 0.3 is 0 Å². The maximum absolute atomic E-state index is 13.0. The molecule has 1 N–H and O–H groups in total. The Morgan fingerprint density at radius 1 is 1.29 bits per heavy atom. The fourth-order valence-electron chi connectivity index (χ4n) is 3.19. The molecule has 0 saturated heterocycles. The highest BCUT2D eigenvalue weighted by atomic mass is 32.1. The van der Waals surface area contributed by atoms with Gasteiger partial charge in [0.05, 0.1) is 17.9 Å². The number of fused-ring (bicyclic) bond motifs is 1. The quantitative estimate of drug-likeness (QED) is 0.726. The Hall–Kier alpha value is -2.87. The number of aryl methyl sites for hydroxylation is 1. The first kappa shape index (κ1) is 18.5. The van der Waals surface area contributed by atoms with Gasteiger partial charge < -0.3 is 10.2 Å². The number of aromatic nitrogens is 4. The van der Waals surface area contributed by atoms with Crippen LogP contribution in [-0.2, 0) is 13.0 Å². The third kappa shape index (κ3) is 3.60. The molecule has 1 amide bonds. The molecule has 0 aromatic carbocycles. The normalized spacial score (nSPS) is 13.5. The van der Waals surface area contributed by atoms with Crippen molar-refractivity contribution in [3.8, 4) is 0 Å². The maximum atomic E-state index is 13.0. The highest BCUT2D eigenvalue weighted by molar-refractivity contribution is 7.13. The van der Waals surface area contributed by atoms with E-state index in [2.05, 4.69) is 44.5 Å². The van der Waals surface area contributed by atoms with E-state index in [9.17, 15) is 4.79 Å². The van der Waals surface area contributed by atoms with Gasteiger partial charge in [-0.3, -0.25) is 9.78 Å². The van der Waals surface area contributed by atoms with Gasteiger partial charge in [0, 0.05) is 30.1 Å². The van der Waals surface area contributed by atoms with Gasteiger partial charge in [0.2, 0.25) is 0 Å². The SMILES string of the molecule is Cc1cccnc1C(=O)N1CCc2ncnc(Nc3nc(C(C)C)cs3)c2C1. The summed E-state index contributed by atoms with van der Waals surface area (Å²) in [5.74, 6) is 1.03. The van der Waals surface area contributed by atoms with Crippen LogP contribution in [0.4, 0.5) is 10.9 Å². The maximum Gasteiger partial charge on any atom is 0.273 e. The van der Waals surface area contributed by atoms with Crippen molar-refractivity contribution in [1.82, 2.24) is 24.8 Å². The molecule has 0 radical (unpaired) electrons. The van der Waals surface area contributed by atoms with E-state index in [0.29, 0.717) is 36.9 Å². The molecular weight excluding hydrogens is 372 g/mol. The van der Waals surface area contributed by atoms with Crippen molar-refractivity contribution in [3.05, 3.63) is 58.2 Å². The number of carbonyl (C=O) groups is 1. The van der Waals surface area contributed by atoms with E-state index in [-0.39, 0.29) is 5.91 Å². The summed E-state index contributed by atoms with van der Waals surface area (Å²) in [5, 5.41) is 6.18. The monoisotopic (exact) mass is 394 g/mol. The van der Waals surface area contributed by atoms with Gasteiger partial charge in [0.25, 0.3) is 5.91 Å². The molecular formula is C20H22N6OS. The van der Waals surface area contributed by atoms with Crippen LogP contribution in [0.15, 0.2) is 30.0 Å². The summed E-state index contributed by atoms with van der Waals surface area (Å²) in [4.78, 5) is 32.5. The third-order valence-electron chi connectivity index (χ3n) is 4.84. The fraction of sp³-hybridized carbons (Fsp3) is 0.350. The van der Waals surface area contributed by atoms with E-state index >= 15 is 0 Å². The average Bonchev–Trinajstić information content (AvgIpc) is 3.17. The Balaban J connectivity index is 1.59. The second-order valence-corrected chi connectivity index (χ2v) is 8.01. The summed E-state index contributed by atoms with van der Waals surface area (Å²) >= 11 is 1.56. The molecule has 0 saturated carbocycles. The summed E-state index contributed by atoms with van der Waals surface area (Å²) in [5.41, 5.74) is 4.35. The molecule has 28 heavy (non-hydrogen) atoms. The Kier molecular flexibility index (Phi) is 5.04. The van der Waals surface area contributed by atoms with E-state index in [1.165, 1.54) is 0 Å². The molecule has 0 atom stereocenters. The van der Waals surface area contributed by atoms with Crippen LogP contribution in [0.5, 0.6) is 0 Å². The first-order valence-corrected chi connectivity index (χ1v) is 10.2. The minimum absolute atomic E-state index is 0.0603. The molecule has 8 heteroatoms. The highest BCUT2D eigenvalue weighted by Gasteiger charge is 2.27.